The van der Waals surface area contributed by atoms with Crippen molar-refractivity contribution in [2.24, 2.45) is 0 Å². The number of nitrogens with one attached hydrogen (secondary N) is 2. The highest BCUT2D eigenvalue weighted by atomic mass is 16.5. The number of para-hydroxylation sites is 1. The van der Waals surface area contributed by atoms with Crippen molar-refractivity contribution in [3.8, 4) is 11.5 Å². The van der Waals surface area contributed by atoms with Gasteiger partial charge < -0.3 is 14.6 Å². The molecule has 6 heteroatoms. The number of hydrogen-bond donors (Lipinski definition) is 3. The van der Waals surface area contributed by atoms with Gasteiger partial charge in [-0.25, -0.2) is 0 Å². The highest BCUT2D eigenvalue weighted by molar-refractivity contribution is 5.91. The summed E-state index contributed by atoms with van der Waals surface area (Å²) in [4.78, 5) is 13.2. The van der Waals surface area contributed by atoms with E-state index < -0.39 is 11.5 Å². The Morgan fingerprint density at radius 2 is 1.41 bits per heavy atom. The molecule has 0 atom stereocenters. The van der Waals surface area contributed by atoms with Crippen LogP contribution in [0.4, 0.5) is 5.69 Å². The molecule has 0 aliphatic heterocycles. The van der Waals surface area contributed by atoms with Crippen molar-refractivity contribution in [1.82, 2.24) is 5.43 Å². The van der Waals surface area contributed by atoms with Gasteiger partial charge in [0.25, 0.3) is 5.91 Å². The van der Waals surface area contributed by atoms with Gasteiger partial charge in [0.05, 0.1) is 19.9 Å². The molecule has 3 rings (SSSR count). The molecule has 0 fully saturated rings. The summed E-state index contributed by atoms with van der Waals surface area (Å²) in [7, 11) is 3.06. The zero-order valence-electron chi connectivity index (χ0n) is 16.6. The number of aliphatic hydroxyl groups is 1. The Kier molecular flexibility index (Phi) is 6.04. The maximum absolute atomic E-state index is 13.2. The maximum Gasteiger partial charge on any atom is 0.279 e. The standard InChI is InChI=1S/C23H24N2O4/c1-16-8-4-5-13-21(16)24-25-22(26)23(27,17-9-6-11-19(14-17)28-2)18-10-7-12-20(15-18)29-3/h4-15,24,27H,1-3H3,(H,25,26). The zero-order valence-corrected chi connectivity index (χ0v) is 16.6. The molecule has 3 aromatic rings. The van der Waals surface area contributed by atoms with Crippen molar-refractivity contribution in [2.45, 2.75) is 12.5 Å². The van der Waals surface area contributed by atoms with E-state index in [9.17, 15) is 9.90 Å². The van der Waals surface area contributed by atoms with E-state index in [4.69, 9.17) is 9.47 Å². The Balaban J connectivity index is 2.01. The highest BCUT2D eigenvalue weighted by Crippen LogP contribution is 2.33. The van der Waals surface area contributed by atoms with Crippen LogP contribution < -0.4 is 20.3 Å². The molecule has 0 aromatic heterocycles. The van der Waals surface area contributed by atoms with Gasteiger partial charge in [0.15, 0.2) is 5.60 Å². The largest absolute Gasteiger partial charge is 0.497 e. The number of aryl methyl sites for hydroxylation is 1. The summed E-state index contributed by atoms with van der Waals surface area (Å²) in [5, 5.41) is 11.6. The first-order valence-electron chi connectivity index (χ1n) is 9.12. The van der Waals surface area contributed by atoms with Crippen molar-refractivity contribution < 1.29 is 19.4 Å². The summed E-state index contributed by atoms with van der Waals surface area (Å²) in [5.74, 6) is 0.425. The first kappa shape index (κ1) is 20.2. The molecule has 0 aliphatic rings. The van der Waals surface area contributed by atoms with Crippen molar-refractivity contribution in [3.63, 3.8) is 0 Å². The molecule has 0 spiro atoms. The third-order valence-electron chi connectivity index (χ3n) is 4.76. The molecule has 0 heterocycles. The van der Waals surface area contributed by atoms with Crippen molar-refractivity contribution >= 4 is 11.6 Å². The minimum Gasteiger partial charge on any atom is -0.497 e. The van der Waals surface area contributed by atoms with Crippen LogP contribution >= 0.6 is 0 Å². The van der Waals surface area contributed by atoms with Gasteiger partial charge in [-0.15, -0.1) is 0 Å². The fraction of sp³-hybridized carbons (Fsp3) is 0.174. The zero-order chi connectivity index (χ0) is 20.9. The molecule has 0 saturated carbocycles. The number of methoxy groups -OCH3 is 2. The number of ether oxygens (including phenoxy) is 2. The topological polar surface area (TPSA) is 79.8 Å². The van der Waals surface area contributed by atoms with Crippen LogP contribution in [0.25, 0.3) is 0 Å². The normalized spacial score (nSPS) is 10.9. The molecular formula is C23H24N2O4. The number of carbonyl (C=O) groups is 1. The van der Waals surface area contributed by atoms with Gasteiger partial charge in [-0.2, -0.15) is 0 Å². The Labute approximate surface area is 170 Å². The molecule has 0 bridgehead atoms. The van der Waals surface area contributed by atoms with Gasteiger partial charge >= 0.3 is 0 Å². The summed E-state index contributed by atoms with van der Waals surface area (Å²) in [5.41, 5.74) is 5.98. The average molecular weight is 392 g/mol. The van der Waals surface area contributed by atoms with E-state index in [0.717, 1.165) is 11.3 Å². The second-order valence-corrected chi connectivity index (χ2v) is 6.57. The summed E-state index contributed by atoms with van der Waals surface area (Å²) < 4.78 is 10.5. The Morgan fingerprint density at radius 3 is 1.93 bits per heavy atom. The monoisotopic (exact) mass is 392 g/mol. The smallest absolute Gasteiger partial charge is 0.279 e. The molecule has 1 amide bonds. The van der Waals surface area contributed by atoms with E-state index in [1.165, 1.54) is 14.2 Å². The van der Waals surface area contributed by atoms with Crippen molar-refractivity contribution in [2.75, 3.05) is 19.6 Å². The molecule has 6 nitrogen and oxygen atoms in total. The summed E-state index contributed by atoms with van der Waals surface area (Å²) in [6, 6.07) is 21.1. The Morgan fingerprint density at radius 1 is 0.862 bits per heavy atom. The predicted octanol–water partition coefficient (Wildman–Crippen LogP) is 3.39. The molecule has 0 saturated heterocycles. The first-order chi connectivity index (χ1) is 14.0. The number of hydrazine groups is 1. The van der Waals surface area contributed by atoms with Crippen LogP contribution in [0.3, 0.4) is 0 Å². The molecule has 0 radical (unpaired) electrons. The maximum atomic E-state index is 13.2. The second kappa shape index (κ2) is 8.67. The fourth-order valence-corrected chi connectivity index (χ4v) is 3.05. The molecule has 3 N–H and O–H groups in total. The van der Waals surface area contributed by atoms with Crippen LogP contribution in [-0.2, 0) is 10.4 Å². The summed E-state index contributed by atoms with van der Waals surface area (Å²) in [6.07, 6.45) is 0. The molecular weight excluding hydrogens is 368 g/mol. The third kappa shape index (κ3) is 4.17. The molecule has 150 valence electrons. The van der Waals surface area contributed by atoms with Gasteiger partial charge in [-0.3, -0.25) is 15.6 Å². The number of rotatable bonds is 7. The van der Waals surface area contributed by atoms with Crippen LogP contribution in [-0.4, -0.2) is 25.2 Å². The lowest BCUT2D eigenvalue weighted by molar-refractivity contribution is -0.136. The van der Waals surface area contributed by atoms with E-state index in [-0.39, 0.29) is 0 Å². The van der Waals surface area contributed by atoms with Crippen LogP contribution in [0, 0.1) is 6.92 Å². The molecule has 3 aromatic carbocycles. The molecule has 0 unspecified atom stereocenters. The highest BCUT2D eigenvalue weighted by Gasteiger charge is 2.40. The van der Waals surface area contributed by atoms with Gasteiger partial charge in [-0.05, 0) is 42.8 Å². The average Bonchev–Trinajstić information content (AvgIpc) is 2.77. The van der Waals surface area contributed by atoms with Crippen molar-refractivity contribution in [1.29, 1.82) is 0 Å². The van der Waals surface area contributed by atoms with Gasteiger partial charge in [0, 0.05) is 11.1 Å². The Hall–Kier alpha value is -3.51. The quantitative estimate of drug-likeness (QED) is 0.537. The minimum atomic E-state index is -1.97. The minimum absolute atomic E-state index is 0.370. The lowest BCUT2D eigenvalue weighted by Gasteiger charge is -2.29. The number of hydrogen-bond acceptors (Lipinski definition) is 5. The molecule has 29 heavy (non-hydrogen) atoms. The number of carbonyl (C=O) groups excluding carboxylic acids is 1. The van der Waals surface area contributed by atoms with E-state index in [1.54, 1.807) is 48.5 Å². The van der Waals surface area contributed by atoms with E-state index in [0.29, 0.717) is 22.6 Å². The van der Waals surface area contributed by atoms with E-state index in [1.807, 2.05) is 31.2 Å². The van der Waals surface area contributed by atoms with Crippen LogP contribution in [0.2, 0.25) is 0 Å². The SMILES string of the molecule is COc1cccc(C(O)(C(=O)NNc2ccccc2C)c2cccc(OC)c2)c1. The lowest BCUT2D eigenvalue weighted by atomic mass is 9.85. The van der Waals surface area contributed by atoms with Gasteiger partial charge in [-0.1, -0.05) is 42.5 Å². The lowest BCUT2D eigenvalue weighted by Crippen LogP contribution is -2.47. The van der Waals surface area contributed by atoms with Crippen LogP contribution in [0.1, 0.15) is 16.7 Å². The third-order valence-corrected chi connectivity index (χ3v) is 4.76. The van der Waals surface area contributed by atoms with Gasteiger partial charge in [0.1, 0.15) is 11.5 Å². The van der Waals surface area contributed by atoms with Crippen LogP contribution in [0.5, 0.6) is 11.5 Å². The number of benzene rings is 3. The second-order valence-electron chi connectivity index (χ2n) is 6.57. The number of amides is 1. The Bertz CT molecular complexity index is 956. The van der Waals surface area contributed by atoms with Gasteiger partial charge in [0.2, 0.25) is 0 Å². The fourth-order valence-electron chi connectivity index (χ4n) is 3.05. The van der Waals surface area contributed by atoms with Crippen LogP contribution in [0.15, 0.2) is 72.8 Å². The number of anilines is 1. The van der Waals surface area contributed by atoms with E-state index >= 15 is 0 Å². The predicted molar refractivity (Wildman–Crippen MR) is 112 cm³/mol. The first-order valence-corrected chi connectivity index (χ1v) is 9.12. The summed E-state index contributed by atoms with van der Waals surface area (Å²) >= 11 is 0. The summed E-state index contributed by atoms with van der Waals surface area (Å²) in [6.45, 7) is 1.92. The molecule has 0 aliphatic carbocycles. The van der Waals surface area contributed by atoms with E-state index in [2.05, 4.69) is 10.9 Å². The van der Waals surface area contributed by atoms with Crippen molar-refractivity contribution in [3.05, 3.63) is 89.5 Å².